The van der Waals surface area contributed by atoms with Gasteiger partial charge in [0.1, 0.15) is 6.04 Å². The van der Waals surface area contributed by atoms with E-state index in [1.54, 1.807) is 6.20 Å². The van der Waals surface area contributed by atoms with E-state index in [2.05, 4.69) is 15.5 Å². The fourth-order valence-corrected chi connectivity index (χ4v) is 1.79. The standard InChI is InChI=1S/C12H16N4O2/c1-3-9(12(17)18-2)15-11-5-10-7(4-8(11)13)6-14-16-10/h4-6,9,15H,3,13H2,1-2H3,(H,14,16). The number of nitrogens with zero attached hydrogens (tertiary/aromatic N) is 1. The molecular formula is C12H16N4O2. The van der Waals surface area contributed by atoms with Crippen LogP contribution in [0.1, 0.15) is 13.3 Å². The van der Waals surface area contributed by atoms with Crippen molar-refractivity contribution < 1.29 is 9.53 Å². The third-order valence-corrected chi connectivity index (χ3v) is 2.83. The molecule has 1 heterocycles. The Bertz CT molecular complexity index is 564. The van der Waals surface area contributed by atoms with Crippen LogP contribution in [0.3, 0.4) is 0 Å². The number of rotatable bonds is 4. The number of carbonyl (C=O) groups excluding carboxylic acids is 1. The van der Waals surface area contributed by atoms with Crippen LogP contribution in [0.5, 0.6) is 0 Å². The predicted octanol–water partition coefficient (Wildman–Crippen LogP) is 1.51. The van der Waals surface area contributed by atoms with E-state index in [-0.39, 0.29) is 5.97 Å². The normalized spacial score (nSPS) is 12.3. The summed E-state index contributed by atoms with van der Waals surface area (Å²) in [7, 11) is 1.37. The predicted molar refractivity (Wildman–Crippen MR) is 70.2 cm³/mol. The molecule has 96 valence electrons. The van der Waals surface area contributed by atoms with Crippen LogP contribution in [0.4, 0.5) is 11.4 Å². The quantitative estimate of drug-likeness (QED) is 0.563. The van der Waals surface area contributed by atoms with Crippen molar-refractivity contribution in [1.29, 1.82) is 0 Å². The summed E-state index contributed by atoms with van der Waals surface area (Å²) in [5.74, 6) is -0.304. The summed E-state index contributed by atoms with van der Waals surface area (Å²) >= 11 is 0. The lowest BCUT2D eigenvalue weighted by Crippen LogP contribution is -2.30. The summed E-state index contributed by atoms with van der Waals surface area (Å²) in [6, 6.07) is 3.24. The molecule has 18 heavy (non-hydrogen) atoms. The Kier molecular flexibility index (Phi) is 3.36. The summed E-state index contributed by atoms with van der Waals surface area (Å²) in [5.41, 5.74) is 8.07. The zero-order chi connectivity index (χ0) is 13.1. The largest absolute Gasteiger partial charge is 0.467 e. The molecule has 4 N–H and O–H groups in total. The first kappa shape index (κ1) is 12.2. The van der Waals surface area contributed by atoms with Gasteiger partial charge in [-0.15, -0.1) is 0 Å². The van der Waals surface area contributed by atoms with Crippen molar-refractivity contribution in [1.82, 2.24) is 10.2 Å². The Hall–Kier alpha value is -2.24. The van der Waals surface area contributed by atoms with Gasteiger partial charge in [-0.25, -0.2) is 4.79 Å². The summed E-state index contributed by atoms with van der Waals surface area (Å²) in [4.78, 5) is 11.5. The van der Waals surface area contributed by atoms with Crippen LogP contribution >= 0.6 is 0 Å². The number of ether oxygens (including phenoxy) is 1. The van der Waals surface area contributed by atoms with Gasteiger partial charge in [-0.3, -0.25) is 5.10 Å². The minimum Gasteiger partial charge on any atom is -0.467 e. The highest BCUT2D eigenvalue weighted by atomic mass is 16.5. The Morgan fingerprint density at radius 3 is 3.06 bits per heavy atom. The molecule has 1 aromatic heterocycles. The highest BCUT2D eigenvalue weighted by Gasteiger charge is 2.17. The topological polar surface area (TPSA) is 93.0 Å². The Labute approximate surface area is 104 Å². The average Bonchev–Trinajstić information content (AvgIpc) is 2.81. The minimum absolute atomic E-state index is 0.304. The number of nitrogens with two attached hydrogens (primary N) is 1. The maximum atomic E-state index is 11.5. The van der Waals surface area contributed by atoms with Crippen molar-refractivity contribution in [3.8, 4) is 0 Å². The van der Waals surface area contributed by atoms with E-state index in [1.165, 1.54) is 7.11 Å². The van der Waals surface area contributed by atoms with Crippen molar-refractivity contribution in [2.75, 3.05) is 18.2 Å². The zero-order valence-corrected chi connectivity index (χ0v) is 10.4. The van der Waals surface area contributed by atoms with Gasteiger partial charge in [-0.1, -0.05) is 6.92 Å². The second-order valence-electron chi connectivity index (χ2n) is 4.03. The lowest BCUT2D eigenvalue weighted by Gasteiger charge is -2.17. The highest BCUT2D eigenvalue weighted by molar-refractivity contribution is 5.90. The lowest BCUT2D eigenvalue weighted by atomic mass is 10.1. The molecule has 0 fully saturated rings. The van der Waals surface area contributed by atoms with Crippen LogP contribution in [0.25, 0.3) is 10.9 Å². The SMILES string of the molecule is CCC(Nc1cc2[nH]ncc2cc1N)C(=O)OC. The Morgan fingerprint density at radius 2 is 2.39 bits per heavy atom. The molecule has 0 aliphatic carbocycles. The fraction of sp³-hybridized carbons (Fsp3) is 0.333. The monoisotopic (exact) mass is 248 g/mol. The third-order valence-electron chi connectivity index (χ3n) is 2.83. The first-order chi connectivity index (χ1) is 8.65. The summed E-state index contributed by atoms with van der Waals surface area (Å²) in [6.45, 7) is 1.90. The van der Waals surface area contributed by atoms with E-state index in [0.29, 0.717) is 17.8 Å². The van der Waals surface area contributed by atoms with E-state index in [1.807, 2.05) is 19.1 Å². The highest BCUT2D eigenvalue weighted by Crippen LogP contribution is 2.25. The second-order valence-corrected chi connectivity index (χ2v) is 4.03. The van der Waals surface area contributed by atoms with Crippen LogP contribution in [0, 0.1) is 0 Å². The van der Waals surface area contributed by atoms with Gasteiger partial charge in [-0.2, -0.15) is 5.10 Å². The number of esters is 1. The van der Waals surface area contributed by atoms with Crippen LogP contribution in [0.15, 0.2) is 18.3 Å². The van der Waals surface area contributed by atoms with E-state index >= 15 is 0 Å². The van der Waals surface area contributed by atoms with Crippen LogP contribution in [-0.4, -0.2) is 29.3 Å². The maximum absolute atomic E-state index is 11.5. The number of methoxy groups -OCH3 is 1. The number of aromatic amines is 1. The van der Waals surface area contributed by atoms with Crippen molar-refractivity contribution >= 4 is 28.2 Å². The van der Waals surface area contributed by atoms with Gasteiger partial charge < -0.3 is 15.8 Å². The van der Waals surface area contributed by atoms with Crippen LogP contribution in [-0.2, 0) is 9.53 Å². The summed E-state index contributed by atoms with van der Waals surface area (Å²) in [6.07, 6.45) is 2.32. The fourth-order valence-electron chi connectivity index (χ4n) is 1.79. The number of fused-ring (bicyclic) bond motifs is 1. The van der Waals surface area contributed by atoms with Gasteiger partial charge in [0.15, 0.2) is 0 Å². The third kappa shape index (κ3) is 2.22. The number of hydrogen-bond acceptors (Lipinski definition) is 5. The molecule has 0 saturated carbocycles. The zero-order valence-electron chi connectivity index (χ0n) is 10.4. The first-order valence-corrected chi connectivity index (χ1v) is 5.72. The molecule has 0 radical (unpaired) electrons. The molecule has 0 bridgehead atoms. The maximum Gasteiger partial charge on any atom is 0.328 e. The number of carbonyl (C=O) groups is 1. The molecule has 0 spiro atoms. The first-order valence-electron chi connectivity index (χ1n) is 5.72. The molecule has 1 aromatic carbocycles. The summed E-state index contributed by atoms with van der Waals surface area (Å²) in [5, 5.41) is 10.8. The minimum atomic E-state index is -0.405. The van der Waals surface area contributed by atoms with Gasteiger partial charge in [0.2, 0.25) is 0 Å². The smallest absolute Gasteiger partial charge is 0.328 e. The van der Waals surface area contributed by atoms with E-state index < -0.39 is 6.04 Å². The van der Waals surface area contributed by atoms with Crippen molar-refractivity contribution in [2.24, 2.45) is 0 Å². The number of nitrogens with one attached hydrogen (secondary N) is 2. The van der Waals surface area contributed by atoms with Gasteiger partial charge in [0.25, 0.3) is 0 Å². The van der Waals surface area contributed by atoms with Gasteiger partial charge >= 0.3 is 5.97 Å². The molecule has 6 nitrogen and oxygen atoms in total. The number of H-pyrrole nitrogens is 1. The molecule has 2 rings (SSSR count). The number of nitrogen functional groups attached to an aromatic ring is 1. The van der Waals surface area contributed by atoms with Gasteiger partial charge in [-0.05, 0) is 18.6 Å². The van der Waals surface area contributed by atoms with Gasteiger partial charge in [0, 0.05) is 5.39 Å². The molecule has 0 aliphatic heterocycles. The molecule has 2 aromatic rings. The number of aromatic nitrogens is 2. The van der Waals surface area contributed by atoms with Crippen LogP contribution in [0.2, 0.25) is 0 Å². The molecule has 0 saturated heterocycles. The Morgan fingerprint density at radius 1 is 1.61 bits per heavy atom. The molecule has 1 atom stereocenters. The number of anilines is 2. The van der Waals surface area contributed by atoms with E-state index in [4.69, 9.17) is 10.5 Å². The molecule has 0 aliphatic rings. The Balaban J connectivity index is 2.29. The van der Waals surface area contributed by atoms with Gasteiger partial charge in [0.05, 0.1) is 30.2 Å². The van der Waals surface area contributed by atoms with E-state index in [0.717, 1.165) is 10.9 Å². The van der Waals surface area contributed by atoms with Crippen molar-refractivity contribution in [2.45, 2.75) is 19.4 Å². The van der Waals surface area contributed by atoms with Crippen molar-refractivity contribution in [3.63, 3.8) is 0 Å². The van der Waals surface area contributed by atoms with Crippen LogP contribution < -0.4 is 11.1 Å². The average molecular weight is 248 g/mol. The lowest BCUT2D eigenvalue weighted by molar-refractivity contribution is -0.141. The summed E-state index contributed by atoms with van der Waals surface area (Å²) < 4.78 is 4.73. The molecular weight excluding hydrogens is 232 g/mol. The number of benzene rings is 1. The molecule has 1 unspecified atom stereocenters. The van der Waals surface area contributed by atoms with Crippen molar-refractivity contribution in [3.05, 3.63) is 18.3 Å². The molecule has 6 heteroatoms. The second kappa shape index (κ2) is 4.95. The molecule has 0 amide bonds. The number of hydrogen-bond donors (Lipinski definition) is 3. The van der Waals surface area contributed by atoms with E-state index in [9.17, 15) is 4.79 Å².